The second kappa shape index (κ2) is 6.25. The van der Waals surface area contributed by atoms with E-state index in [1.807, 2.05) is 0 Å². The number of H-pyrrole nitrogens is 1. The van der Waals surface area contributed by atoms with Crippen molar-refractivity contribution in [2.75, 3.05) is 32.7 Å². The molecule has 1 unspecified atom stereocenters. The summed E-state index contributed by atoms with van der Waals surface area (Å²) < 4.78 is 0. The molecule has 0 radical (unpaired) electrons. The smallest absolute Gasteiger partial charge is 0.230 e. The Morgan fingerprint density at radius 2 is 2.00 bits per heavy atom. The summed E-state index contributed by atoms with van der Waals surface area (Å²) in [7, 11) is 0. The average molecular weight is 325 g/mol. The van der Waals surface area contributed by atoms with Gasteiger partial charge in [-0.05, 0) is 43.9 Å². The molecular formula is C20H27N3O. The van der Waals surface area contributed by atoms with Crippen molar-refractivity contribution in [2.24, 2.45) is 5.41 Å². The summed E-state index contributed by atoms with van der Waals surface area (Å²) in [6.07, 6.45) is 6.34. The Hall–Kier alpha value is -1.81. The van der Waals surface area contributed by atoms with Gasteiger partial charge in [0.25, 0.3) is 0 Å². The van der Waals surface area contributed by atoms with Crippen LogP contribution in [0, 0.1) is 5.41 Å². The van der Waals surface area contributed by atoms with Crippen LogP contribution in [0.4, 0.5) is 0 Å². The summed E-state index contributed by atoms with van der Waals surface area (Å²) >= 11 is 0. The Morgan fingerprint density at radius 1 is 1.17 bits per heavy atom. The molecule has 128 valence electrons. The van der Waals surface area contributed by atoms with Gasteiger partial charge in [-0.15, -0.1) is 0 Å². The maximum atomic E-state index is 12.8. The molecule has 0 aliphatic carbocycles. The lowest BCUT2D eigenvalue weighted by molar-refractivity contribution is -0.135. The molecule has 4 heteroatoms. The third kappa shape index (κ3) is 2.63. The van der Waals surface area contributed by atoms with Gasteiger partial charge in [-0.2, -0.15) is 0 Å². The van der Waals surface area contributed by atoms with Gasteiger partial charge in [-0.3, -0.25) is 4.79 Å². The van der Waals surface area contributed by atoms with Gasteiger partial charge in [-0.1, -0.05) is 25.1 Å². The number of hydrogen-bond acceptors (Lipinski definition) is 2. The molecule has 2 aliphatic heterocycles. The van der Waals surface area contributed by atoms with Crippen LogP contribution in [0.25, 0.3) is 10.9 Å². The van der Waals surface area contributed by atoms with Crippen LogP contribution < -0.4 is 0 Å². The number of fused-ring (bicyclic) bond motifs is 1. The molecule has 0 saturated carbocycles. The van der Waals surface area contributed by atoms with E-state index in [2.05, 4.69) is 52.2 Å². The summed E-state index contributed by atoms with van der Waals surface area (Å²) in [5.74, 6) is 0.416. The number of para-hydroxylation sites is 1. The number of likely N-dealkylation sites (tertiary alicyclic amines) is 2. The predicted octanol–water partition coefficient (Wildman–Crippen LogP) is 3.04. The van der Waals surface area contributed by atoms with Crippen LogP contribution >= 0.6 is 0 Å². The van der Waals surface area contributed by atoms with E-state index in [1.54, 1.807) is 0 Å². The number of carbonyl (C=O) groups is 1. The molecule has 1 amide bonds. The zero-order valence-corrected chi connectivity index (χ0v) is 14.6. The fourth-order valence-corrected chi connectivity index (χ4v) is 4.52. The maximum absolute atomic E-state index is 12.8. The molecule has 1 atom stereocenters. The first-order valence-electron chi connectivity index (χ1n) is 9.28. The second-order valence-corrected chi connectivity index (χ2v) is 7.46. The van der Waals surface area contributed by atoms with E-state index < -0.39 is 0 Å². The predicted molar refractivity (Wildman–Crippen MR) is 97.0 cm³/mol. The molecule has 2 fully saturated rings. The van der Waals surface area contributed by atoms with Crippen molar-refractivity contribution in [1.82, 2.24) is 14.8 Å². The normalized spacial score (nSPS) is 24.7. The molecule has 0 bridgehead atoms. The molecular weight excluding hydrogens is 298 g/mol. The fraction of sp³-hybridized carbons (Fsp3) is 0.550. The Kier molecular flexibility index (Phi) is 4.09. The highest BCUT2D eigenvalue weighted by Gasteiger charge is 2.50. The molecule has 1 aromatic carbocycles. The lowest BCUT2D eigenvalue weighted by Gasteiger charge is -2.23. The molecule has 2 aliphatic rings. The van der Waals surface area contributed by atoms with Crippen molar-refractivity contribution in [3.05, 3.63) is 36.0 Å². The van der Waals surface area contributed by atoms with Crippen LogP contribution in [0.3, 0.4) is 0 Å². The van der Waals surface area contributed by atoms with Gasteiger partial charge in [-0.25, -0.2) is 0 Å². The van der Waals surface area contributed by atoms with Crippen LogP contribution in [0.2, 0.25) is 0 Å². The number of aromatic nitrogens is 1. The first kappa shape index (κ1) is 15.7. The maximum Gasteiger partial charge on any atom is 0.230 e. The van der Waals surface area contributed by atoms with Gasteiger partial charge in [0.05, 0.1) is 5.41 Å². The Balaban J connectivity index is 1.39. The lowest BCUT2D eigenvalue weighted by atomic mass is 9.85. The molecule has 24 heavy (non-hydrogen) atoms. The van der Waals surface area contributed by atoms with E-state index in [0.717, 1.165) is 58.4 Å². The highest BCUT2D eigenvalue weighted by Crippen LogP contribution is 2.40. The number of rotatable bonds is 5. The SMILES string of the molecule is CCCN1CCC2(CCN(CCc3c[nH]c4ccccc34)C2)C1=O. The van der Waals surface area contributed by atoms with Crippen molar-refractivity contribution in [1.29, 1.82) is 0 Å². The molecule has 1 spiro atoms. The molecule has 3 heterocycles. The first-order valence-corrected chi connectivity index (χ1v) is 9.28. The zero-order chi connectivity index (χ0) is 16.6. The minimum absolute atomic E-state index is 0.0740. The highest BCUT2D eigenvalue weighted by atomic mass is 16.2. The standard InChI is InChI=1S/C20H27N3O/c1-2-10-23-13-9-20(19(23)24)8-12-22(15-20)11-7-16-14-21-18-6-4-3-5-17(16)18/h3-6,14,21H,2,7-13,15H2,1H3. The van der Waals surface area contributed by atoms with Crippen LogP contribution in [0.1, 0.15) is 31.7 Å². The van der Waals surface area contributed by atoms with Crippen LogP contribution in [0.15, 0.2) is 30.5 Å². The Morgan fingerprint density at radius 3 is 2.88 bits per heavy atom. The van der Waals surface area contributed by atoms with E-state index >= 15 is 0 Å². The number of aromatic amines is 1. The minimum Gasteiger partial charge on any atom is -0.361 e. The van der Waals surface area contributed by atoms with Gasteiger partial charge in [0.1, 0.15) is 0 Å². The van der Waals surface area contributed by atoms with Gasteiger partial charge in [0.2, 0.25) is 5.91 Å². The van der Waals surface area contributed by atoms with Crippen molar-refractivity contribution >= 4 is 16.8 Å². The van der Waals surface area contributed by atoms with Crippen molar-refractivity contribution < 1.29 is 4.79 Å². The summed E-state index contributed by atoms with van der Waals surface area (Å²) in [6.45, 7) is 7.10. The quantitative estimate of drug-likeness (QED) is 0.918. The lowest BCUT2D eigenvalue weighted by Crippen LogP contribution is -2.37. The monoisotopic (exact) mass is 325 g/mol. The molecule has 1 N–H and O–H groups in total. The minimum atomic E-state index is -0.0740. The van der Waals surface area contributed by atoms with Crippen molar-refractivity contribution in [2.45, 2.75) is 32.6 Å². The third-order valence-electron chi connectivity index (χ3n) is 5.90. The van der Waals surface area contributed by atoms with Crippen LogP contribution in [0.5, 0.6) is 0 Å². The Labute approximate surface area is 143 Å². The number of amides is 1. The summed E-state index contributed by atoms with van der Waals surface area (Å²) in [4.78, 5) is 20.7. The molecule has 4 rings (SSSR count). The molecule has 4 nitrogen and oxygen atoms in total. The number of carbonyl (C=O) groups excluding carboxylic acids is 1. The van der Waals surface area contributed by atoms with Crippen LogP contribution in [-0.4, -0.2) is 53.4 Å². The second-order valence-electron chi connectivity index (χ2n) is 7.46. The number of hydrogen-bond donors (Lipinski definition) is 1. The molecule has 2 aromatic rings. The largest absolute Gasteiger partial charge is 0.361 e. The van der Waals surface area contributed by atoms with Gasteiger partial charge in [0.15, 0.2) is 0 Å². The summed E-state index contributed by atoms with van der Waals surface area (Å²) in [5.41, 5.74) is 2.53. The van der Waals surface area contributed by atoms with E-state index in [0.29, 0.717) is 5.91 Å². The van der Waals surface area contributed by atoms with Gasteiger partial charge < -0.3 is 14.8 Å². The Bertz CT molecular complexity index is 737. The van der Waals surface area contributed by atoms with Gasteiger partial charge in [0, 0.05) is 43.3 Å². The first-order chi connectivity index (χ1) is 11.7. The number of nitrogens with zero attached hydrogens (tertiary/aromatic N) is 2. The van der Waals surface area contributed by atoms with E-state index in [1.165, 1.54) is 16.5 Å². The number of nitrogens with one attached hydrogen (secondary N) is 1. The summed E-state index contributed by atoms with van der Waals surface area (Å²) in [5, 5.41) is 1.33. The molecule has 1 aromatic heterocycles. The van der Waals surface area contributed by atoms with E-state index in [-0.39, 0.29) is 5.41 Å². The van der Waals surface area contributed by atoms with Gasteiger partial charge >= 0.3 is 0 Å². The van der Waals surface area contributed by atoms with Crippen molar-refractivity contribution in [3.63, 3.8) is 0 Å². The fourth-order valence-electron chi connectivity index (χ4n) is 4.52. The highest BCUT2D eigenvalue weighted by molar-refractivity contribution is 5.85. The van der Waals surface area contributed by atoms with Crippen LogP contribution in [-0.2, 0) is 11.2 Å². The number of benzene rings is 1. The average Bonchev–Trinajstić information content (AvgIpc) is 3.28. The van der Waals surface area contributed by atoms with E-state index in [9.17, 15) is 4.79 Å². The van der Waals surface area contributed by atoms with E-state index in [4.69, 9.17) is 0 Å². The topological polar surface area (TPSA) is 39.3 Å². The zero-order valence-electron chi connectivity index (χ0n) is 14.6. The van der Waals surface area contributed by atoms with Crippen molar-refractivity contribution in [3.8, 4) is 0 Å². The molecule has 2 saturated heterocycles. The summed E-state index contributed by atoms with van der Waals surface area (Å²) in [6, 6.07) is 8.49. The third-order valence-corrected chi connectivity index (χ3v) is 5.90.